The van der Waals surface area contributed by atoms with Crippen molar-refractivity contribution in [1.82, 2.24) is 0 Å². The van der Waals surface area contributed by atoms with Gasteiger partial charge in [-0.1, -0.05) is 235 Å². The highest BCUT2D eigenvalue weighted by molar-refractivity contribution is 5.71. The second-order valence-corrected chi connectivity index (χ2v) is 18.5. The Morgan fingerprint density at radius 2 is 0.591 bits per heavy atom. The molecule has 0 fully saturated rings. The smallest absolute Gasteiger partial charge is 0.306 e. The van der Waals surface area contributed by atoms with E-state index in [1.54, 1.807) is 0 Å². The fourth-order valence-corrected chi connectivity index (χ4v) is 7.76. The van der Waals surface area contributed by atoms with Crippen LogP contribution in [0.5, 0.6) is 0 Å². The van der Waals surface area contributed by atoms with E-state index in [9.17, 15) is 14.4 Å². The number of unbranched alkanes of at least 4 members (excludes halogenated alkanes) is 27. The molecule has 0 amide bonds. The summed E-state index contributed by atoms with van der Waals surface area (Å²) >= 11 is 0. The maximum atomic E-state index is 12.8. The number of hydrogen-bond donors (Lipinski definition) is 0. The molecule has 0 aromatic rings. The van der Waals surface area contributed by atoms with Crippen molar-refractivity contribution in [3.63, 3.8) is 0 Å². The molecule has 6 heteroatoms. The second-order valence-electron chi connectivity index (χ2n) is 18.5. The van der Waals surface area contributed by atoms with Crippen LogP contribution in [-0.2, 0) is 28.6 Å². The molecule has 0 heterocycles. The summed E-state index contributed by atoms with van der Waals surface area (Å²) in [5, 5.41) is 0. The predicted molar refractivity (Wildman–Crippen MR) is 284 cm³/mol. The molecule has 6 nitrogen and oxygen atoms in total. The molecule has 0 aliphatic heterocycles. The van der Waals surface area contributed by atoms with E-state index in [1.807, 2.05) is 0 Å². The number of carbonyl (C=O) groups excluding carboxylic acids is 3. The second kappa shape index (κ2) is 54.5. The van der Waals surface area contributed by atoms with E-state index in [-0.39, 0.29) is 31.1 Å². The molecule has 66 heavy (non-hydrogen) atoms. The summed E-state index contributed by atoms with van der Waals surface area (Å²) in [6, 6.07) is 0. The molecule has 0 aliphatic carbocycles. The molecule has 0 saturated heterocycles. The van der Waals surface area contributed by atoms with Gasteiger partial charge >= 0.3 is 17.9 Å². The monoisotopic (exact) mass is 921 g/mol. The lowest BCUT2D eigenvalue weighted by atomic mass is 10.1. The lowest BCUT2D eigenvalue weighted by molar-refractivity contribution is -0.167. The Kier molecular flexibility index (Phi) is 51.9. The van der Waals surface area contributed by atoms with Crippen LogP contribution in [0.2, 0.25) is 0 Å². The van der Waals surface area contributed by atoms with Crippen LogP contribution in [0, 0.1) is 0 Å². The summed E-state index contributed by atoms with van der Waals surface area (Å²) in [7, 11) is 0. The average molecular weight is 921 g/mol. The predicted octanol–water partition coefficient (Wildman–Crippen LogP) is 18.6. The molecule has 0 spiro atoms. The first-order valence-electron chi connectivity index (χ1n) is 27.9. The zero-order chi connectivity index (χ0) is 47.9. The summed E-state index contributed by atoms with van der Waals surface area (Å²) in [5.74, 6) is -0.899. The van der Waals surface area contributed by atoms with E-state index in [4.69, 9.17) is 14.2 Å². The molecular weight excluding hydrogens is 817 g/mol. The topological polar surface area (TPSA) is 78.9 Å². The van der Waals surface area contributed by atoms with Crippen LogP contribution in [0.1, 0.15) is 271 Å². The van der Waals surface area contributed by atoms with Crippen LogP contribution in [-0.4, -0.2) is 37.2 Å². The maximum Gasteiger partial charge on any atom is 0.306 e. The van der Waals surface area contributed by atoms with E-state index >= 15 is 0 Å². The molecule has 0 aromatic carbocycles. The highest BCUT2D eigenvalue weighted by Crippen LogP contribution is 2.15. The standard InChI is InChI=1S/C60H104O6/c1-4-7-10-13-16-19-21-23-25-27-29-30-32-33-35-37-39-41-44-47-50-53-59(62)65-56-57(55-64-58(61)52-49-46-43-18-15-12-9-6-3)66-60(63)54-51-48-45-42-40-38-36-34-31-28-26-24-22-20-17-14-11-8-5-2/h8,11,17,20-21,23-24,26-27,29,31,34,57H,4-7,9-10,12-16,18-19,22,25,28,30,32-33,35-56H2,1-3H3/b11-8-,20-17-,23-21-,26-24-,29-27-,34-31-. The zero-order valence-electron chi connectivity index (χ0n) is 43.4. The highest BCUT2D eigenvalue weighted by atomic mass is 16.6. The van der Waals surface area contributed by atoms with Gasteiger partial charge in [-0.25, -0.2) is 0 Å². The third-order valence-electron chi connectivity index (χ3n) is 11.9. The number of allylic oxidation sites excluding steroid dienone is 12. The van der Waals surface area contributed by atoms with Gasteiger partial charge in [-0.3, -0.25) is 14.4 Å². The van der Waals surface area contributed by atoms with E-state index < -0.39 is 6.10 Å². The summed E-state index contributed by atoms with van der Waals surface area (Å²) in [6.45, 7) is 6.48. The largest absolute Gasteiger partial charge is 0.462 e. The molecular formula is C60H104O6. The minimum absolute atomic E-state index is 0.0815. The van der Waals surface area contributed by atoms with Gasteiger partial charge in [0.25, 0.3) is 0 Å². The quantitative estimate of drug-likeness (QED) is 0.0262. The molecule has 0 radical (unpaired) electrons. The van der Waals surface area contributed by atoms with Gasteiger partial charge in [0.15, 0.2) is 6.10 Å². The molecule has 0 bridgehead atoms. The number of esters is 3. The van der Waals surface area contributed by atoms with Gasteiger partial charge in [0, 0.05) is 19.3 Å². The Labute approximate surface area is 408 Å². The van der Waals surface area contributed by atoms with Gasteiger partial charge in [-0.2, -0.15) is 0 Å². The van der Waals surface area contributed by atoms with Gasteiger partial charge in [-0.15, -0.1) is 0 Å². The van der Waals surface area contributed by atoms with E-state index in [1.165, 1.54) is 128 Å². The third kappa shape index (κ3) is 51.8. The number of carbonyl (C=O) groups is 3. The van der Waals surface area contributed by atoms with Gasteiger partial charge in [0.2, 0.25) is 0 Å². The minimum atomic E-state index is -0.782. The van der Waals surface area contributed by atoms with Crippen molar-refractivity contribution in [2.45, 2.75) is 277 Å². The average Bonchev–Trinajstić information content (AvgIpc) is 3.31. The van der Waals surface area contributed by atoms with Crippen LogP contribution in [0.25, 0.3) is 0 Å². The molecule has 0 aromatic heterocycles. The Morgan fingerprint density at radius 1 is 0.318 bits per heavy atom. The van der Waals surface area contributed by atoms with Crippen LogP contribution >= 0.6 is 0 Å². The summed E-state index contributed by atoms with van der Waals surface area (Å²) in [5.41, 5.74) is 0. The number of rotatable bonds is 50. The van der Waals surface area contributed by atoms with Gasteiger partial charge in [0.1, 0.15) is 13.2 Å². The lowest BCUT2D eigenvalue weighted by Crippen LogP contribution is -2.30. The first-order chi connectivity index (χ1) is 32.5. The first-order valence-corrected chi connectivity index (χ1v) is 27.9. The first kappa shape index (κ1) is 62.8. The molecule has 0 saturated carbocycles. The third-order valence-corrected chi connectivity index (χ3v) is 11.9. The Hall–Kier alpha value is -3.15. The fraction of sp³-hybridized carbons (Fsp3) is 0.750. The van der Waals surface area contributed by atoms with Crippen LogP contribution < -0.4 is 0 Å². The number of ether oxygens (including phenoxy) is 3. The molecule has 0 rings (SSSR count). The SMILES string of the molecule is CC/C=C\C/C=C\C/C=C\C/C=C\CCCCCCCCC(=O)OC(COC(=O)CCCCCCCCCC)COC(=O)CCCCCCCCCCC/C=C\C/C=C\CCCCCCC. The minimum Gasteiger partial charge on any atom is -0.462 e. The Bertz CT molecular complexity index is 1240. The molecule has 0 aliphatic rings. The van der Waals surface area contributed by atoms with Crippen molar-refractivity contribution >= 4 is 17.9 Å². The van der Waals surface area contributed by atoms with Gasteiger partial charge < -0.3 is 14.2 Å². The summed E-state index contributed by atoms with van der Waals surface area (Å²) in [4.78, 5) is 38.0. The van der Waals surface area contributed by atoms with Crippen LogP contribution in [0.3, 0.4) is 0 Å². The van der Waals surface area contributed by atoms with E-state index in [0.717, 1.165) is 103 Å². The molecule has 1 unspecified atom stereocenters. The number of hydrogen-bond acceptors (Lipinski definition) is 6. The van der Waals surface area contributed by atoms with Crippen molar-refractivity contribution < 1.29 is 28.6 Å². The normalized spacial score (nSPS) is 12.6. The van der Waals surface area contributed by atoms with E-state index in [2.05, 4.69) is 93.7 Å². The lowest BCUT2D eigenvalue weighted by Gasteiger charge is -2.18. The van der Waals surface area contributed by atoms with Crippen LogP contribution in [0.15, 0.2) is 72.9 Å². The van der Waals surface area contributed by atoms with Gasteiger partial charge in [-0.05, 0) is 89.9 Å². The van der Waals surface area contributed by atoms with Crippen molar-refractivity contribution in [1.29, 1.82) is 0 Å². The Balaban J connectivity index is 4.28. The highest BCUT2D eigenvalue weighted by Gasteiger charge is 2.19. The fourth-order valence-electron chi connectivity index (χ4n) is 7.76. The van der Waals surface area contributed by atoms with Gasteiger partial charge in [0.05, 0.1) is 0 Å². The van der Waals surface area contributed by atoms with Crippen molar-refractivity contribution in [3.05, 3.63) is 72.9 Å². The van der Waals surface area contributed by atoms with Crippen LogP contribution in [0.4, 0.5) is 0 Å². The molecule has 1 atom stereocenters. The van der Waals surface area contributed by atoms with Crippen molar-refractivity contribution in [2.24, 2.45) is 0 Å². The molecule has 0 N–H and O–H groups in total. The van der Waals surface area contributed by atoms with Crippen molar-refractivity contribution in [3.8, 4) is 0 Å². The van der Waals surface area contributed by atoms with Crippen molar-refractivity contribution in [2.75, 3.05) is 13.2 Å². The maximum absolute atomic E-state index is 12.8. The molecule has 380 valence electrons. The summed E-state index contributed by atoms with van der Waals surface area (Å²) in [6.07, 6.45) is 69.0. The zero-order valence-corrected chi connectivity index (χ0v) is 43.4. The summed E-state index contributed by atoms with van der Waals surface area (Å²) < 4.78 is 16.8. The Morgan fingerprint density at radius 3 is 0.924 bits per heavy atom. The van der Waals surface area contributed by atoms with E-state index in [0.29, 0.717) is 19.3 Å².